The number of ether oxygens (including phenoxy) is 1. The third kappa shape index (κ3) is 1.13. The molecule has 0 amide bonds. The van der Waals surface area contributed by atoms with E-state index in [0.717, 1.165) is 0 Å². The first-order chi connectivity index (χ1) is 7.33. The highest BCUT2D eigenvalue weighted by Gasteiger charge is 2.71. The van der Waals surface area contributed by atoms with Gasteiger partial charge in [0, 0.05) is 0 Å². The predicted octanol–water partition coefficient (Wildman–Crippen LogP) is 3.63. The van der Waals surface area contributed by atoms with Crippen molar-refractivity contribution in [3.05, 3.63) is 35.9 Å². The zero-order valence-corrected chi connectivity index (χ0v) is 9.33. The molecule has 1 aliphatic carbocycles. The van der Waals surface area contributed by atoms with Crippen molar-refractivity contribution < 1.29 is 4.74 Å². The number of epoxide rings is 1. The van der Waals surface area contributed by atoms with Crippen LogP contribution < -0.4 is 0 Å². The van der Waals surface area contributed by atoms with Crippen LogP contribution in [-0.2, 0) is 10.3 Å². The average molecular weight is 202 g/mol. The van der Waals surface area contributed by atoms with Gasteiger partial charge in [-0.1, -0.05) is 43.7 Å². The second-order valence-corrected chi connectivity index (χ2v) is 4.89. The Kier molecular flexibility index (Phi) is 1.93. The highest BCUT2D eigenvalue weighted by molar-refractivity contribution is 5.35. The second kappa shape index (κ2) is 3.08. The van der Waals surface area contributed by atoms with Gasteiger partial charge in [-0.25, -0.2) is 0 Å². The van der Waals surface area contributed by atoms with Gasteiger partial charge in [-0.2, -0.15) is 0 Å². The van der Waals surface area contributed by atoms with Gasteiger partial charge < -0.3 is 4.74 Å². The third-order valence-corrected chi connectivity index (χ3v) is 4.07. The third-order valence-electron chi connectivity index (χ3n) is 4.07. The number of hydrogen-bond donors (Lipinski definition) is 0. The van der Waals surface area contributed by atoms with Gasteiger partial charge in [-0.05, 0) is 31.2 Å². The van der Waals surface area contributed by atoms with Gasteiger partial charge in [0.05, 0.1) is 0 Å². The maximum absolute atomic E-state index is 6.15. The number of benzene rings is 1. The van der Waals surface area contributed by atoms with Crippen molar-refractivity contribution in [1.29, 1.82) is 0 Å². The first-order valence-corrected chi connectivity index (χ1v) is 6.09. The maximum Gasteiger partial charge on any atom is 0.123 e. The van der Waals surface area contributed by atoms with Crippen LogP contribution in [0.1, 0.15) is 44.6 Å². The van der Waals surface area contributed by atoms with E-state index in [-0.39, 0.29) is 11.2 Å². The Bertz CT molecular complexity index is 349. The Labute approximate surface area is 91.5 Å². The van der Waals surface area contributed by atoms with E-state index in [1.807, 2.05) is 0 Å². The molecule has 1 aromatic rings. The molecule has 2 fully saturated rings. The Morgan fingerprint density at radius 2 is 1.93 bits per heavy atom. The molecule has 0 N–H and O–H groups in total. The topological polar surface area (TPSA) is 12.5 Å². The van der Waals surface area contributed by atoms with E-state index in [2.05, 4.69) is 37.3 Å². The minimum atomic E-state index is 0.0846. The molecule has 1 heteroatoms. The lowest BCUT2D eigenvalue weighted by atomic mass is 9.71. The quantitative estimate of drug-likeness (QED) is 0.682. The molecule has 1 nitrogen and oxygen atoms in total. The molecule has 0 unspecified atom stereocenters. The summed E-state index contributed by atoms with van der Waals surface area (Å²) in [4.78, 5) is 0. The fourth-order valence-corrected chi connectivity index (χ4v) is 3.12. The molecular formula is C14H18O. The second-order valence-electron chi connectivity index (χ2n) is 4.89. The lowest BCUT2D eigenvalue weighted by molar-refractivity contribution is 0.192. The van der Waals surface area contributed by atoms with E-state index in [9.17, 15) is 0 Å². The lowest BCUT2D eigenvalue weighted by Crippen LogP contribution is -2.31. The van der Waals surface area contributed by atoms with Gasteiger partial charge in [0.2, 0.25) is 0 Å². The van der Waals surface area contributed by atoms with Gasteiger partial charge in [-0.15, -0.1) is 0 Å². The normalized spacial score (nSPS) is 31.3. The van der Waals surface area contributed by atoms with Crippen LogP contribution in [0.4, 0.5) is 0 Å². The lowest BCUT2D eigenvalue weighted by Gasteiger charge is -2.27. The summed E-state index contributed by atoms with van der Waals surface area (Å²) in [5, 5.41) is 0. The van der Waals surface area contributed by atoms with Crippen LogP contribution in [0.15, 0.2) is 30.3 Å². The molecule has 3 rings (SSSR count). The molecule has 1 spiro atoms. The zero-order chi connectivity index (χ0) is 10.4. The van der Waals surface area contributed by atoms with Gasteiger partial charge in [0.15, 0.2) is 0 Å². The van der Waals surface area contributed by atoms with Crippen molar-refractivity contribution in [2.45, 2.75) is 50.2 Å². The van der Waals surface area contributed by atoms with Gasteiger partial charge in [0.25, 0.3) is 0 Å². The smallest absolute Gasteiger partial charge is 0.123 e. The Morgan fingerprint density at radius 3 is 2.40 bits per heavy atom. The largest absolute Gasteiger partial charge is 0.357 e. The molecule has 1 aromatic carbocycles. The first kappa shape index (κ1) is 9.41. The van der Waals surface area contributed by atoms with Crippen LogP contribution in [0.5, 0.6) is 0 Å². The molecule has 0 radical (unpaired) electrons. The summed E-state index contributed by atoms with van der Waals surface area (Å²) >= 11 is 0. The van der Waals surface area contributed by atoms with Crippen molar-refractivity contribution in [2.24, 2.45) is 0 Å². The number of rotatable bonds is 3. The van der Waals surface area contributed by atoms with Crippen molar-refractivity contribution in [1.82, 2.24) is 0 Å². The standard InChI is InChI=1S/C14H18O/c1-2-9-14(12-7-4-3-5-8-12)13(15-14)10-6-11-13/h3-5,7-8H,2,6,9-11H2,1H3/t14-/m1/s1. The summed E-state index contributed by atoms with van der Waals surface area (Å²) < 4.78 is 6.15. The van der Waals surface area contributed by atoms with E-state index in [1.54, 1.807) is 0 Å². The van der Waals surface area contributed by atoms with Crippen LogP contribution in [0.25, 0.3) is 0 Å². The molecule has 1 heterocycles. The Morgan fingerprint density at radius 1 is 1.20 bits per heavy atom. The molecule has 1 saturated heterocycles. The summed E-state index contributed by atoms with van der Waals surface area (Å²) in [6.45, 7) is 2.25. The fraction of sp³-hybridized carbons (Fsp3) is 0.571. The van der Waals surface area contributed by atoms with Crippen LogP contribution in [0, 0.1) is 0 Å². The molecule has 80 valence electrons. The average Bonchev–Trinajstić information content (AvgIpc) is 2.91. The molecule has 0 bridgehead atoms. The maximum atomic E-state index is 6.15. The van der Waals surface area contributed by atoms with Crippen LogP contribution >= 0.6 is 0 Å². The van der Waals surface area contributed by atoms with Crippen molar-refractivity contribution >= 4 is 0 Å². The molecule has 1 aliphatic heterocycles. The van der Waals surface area contributed by atoms with Crippen LogP contribution in [-0.4, -0.2) is 5.60 Å². The number of hydrogen-bond acceptors (Lipinski definition) is 1. The molecule has 1 saturated carbocycles. The van der Waals surface area contributed by atoms with Crippen molar-refractivity contribution in [2.75, 3.05) is 0 Å². The van der Waals surface area contributed by atoms with Gasteiger partial charge in [-0.3, -0.25) is 0 Å². The van der Waals surface area contributed by atoms with E-state index in [1.165, 1.54) is 37.7 Å². The minimum absolute atomic E-state index is 0.0846. The minimum Gasteiger partial charge on any atom is -0.357 e. The molecule has 1 atom stereocenters. The van der Waals surface area contributed by atoms with Crippen molar-refractivity contribution in [3.8, 4) is 0 Å². The van der Waals surface area contributed by atoms with Gasteiger partial charge >= 0.3 is 0 Å². The summed E-state index contributed by atoms with van der Waals surface area (Å²) in [6, 6.07) is 10.8. The summed E-state index contributed by atoms with van der Waals surface area (Å²) in [5.41, 5.74) is 1.72. The van der Waals surface area contributed by atoms with Gasteiger partial charge in [0.1, 0.15) is 11.2 Å². The summed E-state index contributed by atoms with van der Waals surface area (Å²) in [5.74, 6) is 0. The summed E-state index contributed by atoms with van der Waals surface area (Å²) in [7, 11) is 0. The molecule has 15 heavy (non-hydrogen) atoms. The van der Waals surface area contributed by atoms with Crippen LogP contribution in [0.2, 0.25) is 0 Å². The Balaban J connectivity index is 1.93. The molecule has 2 aliphatic rings. The van der Waals surface area contributed by atoms with E-state index in [0.29, 0.717) is 0 Å². The summed E-state index contributed by atoms with van der Waals surface area (Å²) in [6.07, 6.45) is 6.26. The first-order valence-electron chi connectivity index (χ1n) is 6.09. The molecule has 0 aromatic heterocycles. The van der Waals surface area contributed by atoms with E-state index in [4.69, 9.17) is 4.74 Å². The Hall–Kier alpha value is -0.820. The zero-order valence-electron chi connectivity index (χ0n) is 9.33. The highest BCUT2D eigenvalue weighted by Crippen LogP contribution is 2.67. The monoisotopic (exact) mass is 202 g/mol. The molecular weight excluding hydrogens is 184 g/mol. The van der Waals surface area contributed by atoms with E-state index < -0.39 is 0 Å². The predicted molar refractivity (Wildman–Crippen MR) is 60.7 cm³/mol. The van der Waals surface area contributed by atoms with Crippen LogP contribution in [0.3, 0.4) is 0 Å². The highest BCUT2D eigenvalue weighted by atomic mass is 16.6. The SMILES string of the molecule is CCC[C@]1(c2ccccc2)OC12CCC2. The van der Waals surface area contributed by atoms with E-state index >= 15 is 0 Å². The fourth-order valence-electron chi connectivity index (χ4n) is 3.12. The van der Waals surface area contributed by atoms with Crippen molar-refractivity contribution in [3.63, 3.8) is 0 Å².